The number of rotatable bonds is 7. The van der Waals surface area contributed by atoms with E-state index in [1.165, 1.54) is 49.7 Å². The molecule has 0 radical (unpaired) electrons. The number of allylic oxidation sites excluding steroid dienone is 1. The summed E-state index contributed by atoms with van der Waals surface area (Å²) in [5, 5.41) is 0.247. The Kier molecular flexibility index (Phi) is 9.18. The Hall–Kier alpha value is -2.21. The van der Waals surface area contributed by atoms with Gasteiger partial charge < -0.3 is 9.16 Å². The molecule has 2 aromatic rings. The van der Waals surface area contributed by atoms with E-state index in [9.17, 15) is 4.79 Å². The lowest BCUT2D eigenvalue weighted by atomic mass is 9.46. The molecule has 4 fully saturated rings. The maximum Gasteiger partial charge on any atom is 0.324 e. The zero-order valence-corrected chi connectivity index (χ0v) is 32.8. The fourth-order valence-corrected chi connectivity index (χ4v) is 12.9. The molecule has 266 valence electrons. The molecule has 0 N–H and O–H groups in total. The molecular formula is C44H63NO3Si. The third-order valence-corrected chi connectivity index (χ3v) is 19.7. The highest BCUT2D eigenvalue weighted by molar-refractivity contribution is 6.74. The summed E-state index contributed by atoms with van der Waals surface area (Å²) in [4.78, 5) is 16.6. The average molecular weight is 682 g/mol. The number of morpholine rings is 1. The predicted octanol–water partition coefficient (Wildman–Crippen LogP) is 10.4. The van der Waals surface area contributed by atoms with Gasteiger partial charge in [0.15, 0.2) is 8.32 Å². The summed E-state index contributed by atoms with van der Waals surface area (Å²) in [6, 6.07) is 20.9. The van der Waals surface area contributed by atoms with Gasteiger partial charge in [0, 0.05) is 25.1 Å². The Morgan fingerprint density at radius 1 is 0.878 bits per heavy atom. The zero-order chi connectivity index (χ0) is 34.8. The van der Waals surface area contributed by atoms with Crippen LogP contribution in [0, 0.1) is 34.5 Å². The van der Waals surface area contributed by atoms with Gasteiger partial charge in [-0.3, -0.25) is 9.69 Å². The number of carbonyl (C=O) groups is 1. The van der Waals surface area contributed by atoms with Crippen LogP contribution in [0.25, 0.3) is 0 Å². The lowest BCUT2D eigenvalue weighted by molar-refractivity contribution is -0.200. The number of ether oxygens (including phenoxy) is 1. The smallest absolute Gasteiger partial charge is 0.324 e. The fourth-order valence-electron chi connectivity index (χ4n) is 11.5. The van der Waals surface area contributed by atoms with Gasteiger partial charge in [-0.1, -0.05) is 107 Å². The van der Waals surface area contributed by atoms with E-state index in [2.05, 4.69) is 120 Å². The first-order valence-corrected chi connectivity index (χ1v) is 22.5. The monoisotopic (exact) mass is 681 g/mol. The van der Waals surface area contributed by atoms with Crippen LogP contribution in [0.2, 0.25) is 18.1 Å². The quantitative estimate of drug-likeness (QED) is 0.166. The molecule has 9 atom stereocenters. The van der Waals surface area contributed by atoms with Crippen LogP contribution in [-0.4, -0.2) is 43.5 Å². The van der Waals surface area contributed by atoms with Gasteiger partial charge in [-0.25, -0.2) is 0 Å². The maximum atomic E-state index is 14.2. The van der Waals surface area contributed by atoms with Crippen LogP contribution in [0.1, 0.15) is 104 Å². The van der Waals surface area contributed by atoms with Crippen molar-refractivity contribution in [3.05, 3.63) is 83.4 Å². The van der Waals surface area contributed by atoms with Crippen molar-refractivity contribution in [3.63, 3.8) is 0 Å². The number of carbonyl (C=O) groups excluding carboxylic acids is 1. The summed E-state index contributed by atoms with van der Waals surface area (Å²) in [5.41, 5.74) is 4.15. The second-order valence-corrected chi connectivity index (χ2v) is 23.8. The van der Waals surface area contributed by atoms with Crippen LogP contribution < -0.4 is 0 Å². The summed E-state index contributed by atoms with van der Waals surface area (Å²) in [5.74, 6) is 2.50. The first-order chi connectivity index (χ1) is 23.1. The Morgan fingerprint density at radius 2 is 1.55 bits per heavy atom. The van der Waals surface area contributed by atoms with E-state index in [0.717, 1.165) is 37.8 Å². The van der Waals surface area contributed by atoms with Crippen molar-refractivity contribution in [2.75, 3.05) is 6.54 Å². The van der Waals surface area contributed by atoms with Crippen molar-refractivity contribution in [1.82, 2.24) is 4.90 Å². The average Bonchev–Trinajstić information content (AvgIpc) is 3.41. The second-order valence-electron chi connectivity index (χ2n) is 19.0. The summed E-state index contributed by atoms with van der Waals surface area (Å²) in [7, 11) is -1.79. The van der Waals surface area contributed by atoms with E-state index in [1.807, 2.05) is 6.07 Å². The molecule has 3 saturated carbocycles. The molecule has 2 aromatic carbocycles. The number of benzene rings is 2. The van der Waals surface area contributed by atoms with E-state index < -0.39 is 13.9 Å². The Bertz CT molecular complexity index is 1530. The molecule has 5 aliphatic rings. The third-order valence-electron chi connectivity index (χ3n) is 15.1. The largest absolute Gasteiger partial charge is 0.457 e. The van der Waals surface area contributed by atoms with Crippen molar-refractivity contribution in [1.29, 1.82) is 0 Å². The summed E-state index contributed by atoms with van der Waals surface area (Å²) in [6.07, 6.45) is 13.5. The molecule has 1 heterocycles. The van der Waals surface area contributed by atoms with Gasteiger partial charge in [0.2, 0.25) is 0 Å². The van der Waals surface area contributed by atoms with E-state index in [-0.39, 0.29) is 22.5 Å². The first kappa shape index (κ1) is 35.2. The summed E-state index contributed by atoms with van der Waals surface area (Å²) < 4.78 is 13.7. The van der Waals surface area contributed by atoms with Crippen molar-refractivity contribution < 1.29 is 14.0 Å². The van der Waals surface area contributed by atoms with E-state index in [1.54, 1.807) is 5.57 Å². The number of fused-ring (bicyclic) bond motifs is 5. The van der Waals surface area contributed by atoms with Crippen molar-refractivity contribution in [3.8, 4) is 0 Å². The van der Waals surface area contributed by atoms with Crippen molar-refractivity contribution >= 4 is 14.3 Å². The first-order valence-electron chi connectivity index (χ1n) is 19.6. The number of hydrogen-bond acceptors (Lipinski definition) is 4. The lowest BCUT2D eigenvalue weighted by Crippen LogP contribution is -2.63. The van der Waals surface area contributed by atoms with E-state index >= 15 is 0 Å². The highest BCUT2D eigenvalue weighted by atomic mass is 28.4. The van der Waals surface area contributed by atoms with Crippen molar-refractivity contribution in [2.45, 2.75) is 142 Å². The van der Waals surface area contributed by atoms with Gasteiger partial charge in [-0.2, -0.15) is 0 Å². The highest BCUT2D eigenvalue weighted by Gasteiger charge is 2.63. The van der Waals surface area contributed by atoms with Crippen LogP contribution in [0.5, 0.6) is 0 Å². The Labute approximate surface area is 298 Å². The minimum absolute atomic E-state index is 0.0382. The molecule has 0 amide bonds. The van der Waals surface area contributed by atoms with Crippen LogP contribution >= 0.6 is 0 Å². The number of nitrogens with zero attached hydrogens (tertiary/aromatic N) is 1. The highest BCUT2D eigenvalue weighted by Crippen LogP contribution is 2.68. The van der Waals surface area contributed by atoms with Gasteiger partial charge in [-0.15, -0.1) is 0 Å². The molecule has 1 unspecified atom stereocenters. The van der Waals surface area contributed by atoms with Crippen LogP contribution in [-0.2, 0) is 26.9 Å². The normalized spacial score (nSPS) is 38.2. The topological polar surface area (TPSA) is 38.8 Å². The SMILES string of the molecule is CC(C)(C)[Si](C)(C)O[C@H]1CC[C@@]2(C)C(=CC[C@@H]3[C@@H]2CC[C@]2(C)C([C@]4(C)CN(Cc5ccccc5)[C@@H](Cc5ccccc5)C(=O)O4)CC[C@@H]32)C1. The van der Waals surface area contributed by atoms with Crippen LogP contribution in [0.4, 0.5) is 0 Å². The molecule has 4 nitrogen and oxygen atoms in total. The van der Waals surface area contributed by atoms with Crippen LogP contribution in [0.15, 0.2) is 72.3 Å². The molecule has 0 aromatic heterocycles. The van der Waals surface area contributed by atoms with E-state index in [0.29, 0.717) is 29.8 Å². The summed E-state index contributed by atoms with van der Waals surface area (Å²) >= 11 is 0. The Morgan fingerprint density at radius 3 is 2.22 bits per heavy atom. The van der Waals surface area contributed by atoms with Crippen LogP contribution in [0.3, 0.4) is 0 Å². The molecule has 1 saturated heterocycles. The van der Waals surface area contributed by atoms with Crippen molar-refractivity contribution in [2.24, 2.45) is 34.5 Å². The van der Waals surface area contributed by atoms with Gasteiger partial charge >= 0.3 is 5.97 Å². The third kappa shape index (κ3) is 6.33. The lowest BCUT2D eigenvalue weighted by Gasteiger charge is -2.60. The molecule has 5 heteroatoms. The standard InChI is InChI=1S/C44H63NO3Si/c1-41(2,3)49(7,8)48-34-23-25-42(4)33(28-34)19-20-35-36-21-22-39(43(36,5)26-24-37(35)42)44(6)30-45(29-32-17-13-10-14-18-32)38(40(46)47-44)27-31-15-11-9-12-16-31/h9-19,34-39H,20-30H2,1-8H3/t34-,35-,36-,37-,38-,39?,42-,43-,44-/m0/s1. The summed E-state index contributed by atoms with van der Waals surface area (Å²) in [6.45, 7) is 21.0. The number of hydrogen-bond donors (Lipinski definition) is 0. The van der Waals surface area contributed by atoms with E-state index in [4.69, 9.17) is 9.16 Å². The maximum absolute atomic E-state index is 14.2. The van der Waals surface area contributed by atoms with Gasteiger partial charge in [0.25, 0.3) is 0 Å². The number of cyclic esters (lactones) is 1. The fraction of sp³-hybridized carbons (Fsp3) is 0.659. The zero-order valence-electron chi connectivity index (χ0n) is 31.8. The Balaban J connectivity index is 1.10. The molecule has 4 aliphatic carbocycles. The molecule has 7 rings (SSSR count). The molecular weight excluding hydrogens is 619 g/mol. The number of esters is 1. The molecule has 0 spiro atoms. The van der Waals surface area contributed by atoms with Gasteiger partial charge in [0.05, 0.1) is 0 Å². The second kappa shape index (κ2) is 12.8. The minimum Gasteiger partial charge on any atom is -0.457 e. The minimum atomic E-state index is -1.79. The predicted molar refractivity (Wildman–Crippen MR) is 203 cm³/mol. The van der Waals surface area contributed by atoms with Gasteiger partial charge in [0.1, 0.15) is 11.6 Å². The molecule has 49 heavy (non-hydrogen) atoms. The molecule has 1 aliphatic heterocycles. The van der Waals surface area contributed by atoms with Gasteiger partial charge in [-0.05, 0) is 123 Å². The molecule has 0 bridgehead atoms.